The first-order valence-corrected chi connectivity index (χ1v) is 8.74. The summed E-state index contributed by atoms with van der Waals surface area (Å²) in [5.74, 6) is 0.661. The molecule has 2 N–H and O–H groups in total. The summed E-state index contributed by atoms with van der Waals surface area (Å²) in [6.45, 7) is 4.54. The Balaban J connectivity index is 1.80. The third kappa shape index (κ3) is 5.79. The van der Waals surface area contributed by atoms with Crippen LogP contribution in [0.2, 0.25) is 5.02 Å². The Bertz CT molecular complexity index is 588. The largest absolute Gasteiger partial charge is 0.383 e. The highest BCUT2D eigenvalue weighted by Gasteiger charge is 2.21. The molecule has 1 amide bonds. The van der Waals surface area contributed by atoms with Crippen LogP contribution >= 0.6 is 11.6 Å². The Morgan fingerprint density at radius 3 is 2.60 bits per heavy atom. The van der Waals surface area contributed by atoms with Gasteiger partial charge in [-0.05, 0) is 12.1 Å². The van der Waals surface area contributed by atoms with Crippen LogP contribution in [0.15, 0.2) is 29.3 Å². The van der Waals surface area contributed by atoms with Crippen molar-refractivity contribution in [3.63, 3.8) is 0 Å². The number of nitrogens with zero attached hydrogens (tertiary/aromatic N) is 3. The maximum Gasteiger partial charge on any atom is 0.239 e. The van der Waals surface area contributed by atoms with Gasteiger partial charge in [-0.25, -0.2) is 0 Å². The number of anilines is 1. The highest BCUT2D eigenvalue weighted by atomic mass is 35.5. The molecule has 2 rings (SSSR count). The lowest BCUT2D eigenvalue weighted by Gasteiger charge is -2.38. The van der Waals surface area contributed by atoms with Gasteiger partial charge >= 0.3 is 0 Å². The van der Waals surface area contributed by atoms with Gasteiger partial charge < -0.3 is 25.2 Å². The van der Waals surface area contributed by atoms with Crippen LogP contribution in [0.25, 0.3) is 0 Å². The summed E-state index contributed by atoms with van der Waals surface area (Å²) in [4.78, 5) is 20.5. The average molecular weight is 368 g/mol. The molecule has 0 aromatic heterocycles. The van der Waals surface area contributed by atoms with Crippen molar-refractivity contribution in [2.45, 2.75) is 0 Å². The lowest BCUT2D eigenvalue weighted by atomic mass is 10.2. The molecule has 1 aliphatic rings. The number of hydrogen-bond donors (Lipinski definition) is 2. The van der Waals surface area contributed by atoms with Crippen molar-refractivity contribution in [2.75, 3.05) is 64.9 Å². The zero-order chi connectivity index (χ0) is 18.1. The quantitative estimate of drug-likeness (QED) is 0.442. The predicted octanol–water partition coefficient (Wildman–Crippen LogP) is 0.800. The van der Waals surface area contributed by atoms with Gasteiger partial charge in [0.25, 0.3) is 0 Å². The molecule has 25 heavy (non-hydrogen) atoms. The number of hydrogen-bond acceptors (Lipinski definition) is 4. The van der Waals surface area contributed by atoms with Crippen molar-refractivity contribution in [1.82, 2.24) is 15.5 Å². The molecule has 0 radical (unpaired) electrons. The first-order valence-electron chi connectivity index (χ1n) is 8.36. The Morgan fingerprint density at radius 2 is 1.96 bits per heavy atom. The minimum atomic E-state index is -0.0760. The summed E-state index contributed by atoms with van der Waals surface area (Å²) in [6, 6.07) is 7.88. The van der Waals surface area contributed by atoms with E-state index in [1.807, 2.05) is 24.3 Å². The SMILES string of the molecule is CN=C(NCC(=O)NCCOC)N1CCN(c2ccccc2Cl)CC1. The topological polar surface area (TPSA) is 69.2 Å². The molecule has 1 aromatic carbocycles. The summed E-state index contributed by atoms with van der Waals surface area (Å²) < 4.78 is 4.91. The highest BCUT2D eigenvalue weighted by Crippen LogP contribution is 2.25. The van der Waals surface area contributed by atoms with Crippen LogP contribution in [-0.4, -0.2) is 76.8 Å². The Kier molecular flexibility index (Phi) is 7.81. The molecule has 1 fully saturated rings. The Labute approximate surface area is 154 Å². The molecule has 1 saturated heterocycles. The third-order valence-corrected chi connectivity index (χ3v) is 4.34. The molecule has 1 heterocycles. The zero-order valence-electron chi connectivity index (χ0n) is 14.8. The number of methoxy groups -OCH3 is 1. The number of nitrogens with one attached hydrogen (secondary N) is 2. The summed E-state index contributed by atoms with van der Waals surface area (Å²) >= 11 is 6.28. The molecule has 0 unspecified atom stereocenters. The van der Waals surface area contributed by atoms with Crippen molar-refractivity contribution < 1.29 is 9.53 Å². The van der Waals surface area contributed by atoms with E-state index in [1.165, 1.54) is 0 Å². The summed E-state index contributed by atoms with van der Waals surface area (Å²) in [5, 5.41) is 6.66. The van der Waals surface area contributed by atoms with Gasteiger partial charge in [0.05, 0.1) is 23.9 Å². The van der Waals surface area contributed by atoms with Gasteiger partial charge in [0.2, 0.25) is 5.91 Å². The molecule has 0 aliphatic carbocycles. The molecule has 8 heteroatoms. The van der Waals surface area contributed by atoms with Crippen LogP contribution in [0.3, 0.4) is 0 Å². The first-order chi connectivity index (χ1) is 12.2. The van der Waals surface area contributed by atoms with Crippen molar-refractivity contribution in [1.29, 1.82) is 0 Å². The smallest absolute Gasteiger partial charge is 0.239 e. The minimum Gasteiger partial charge on any atom is -0.383 e. The number of ether oxygens (including phenoxy) is 1. The zero-order valence-corrected chi connectivity index (χ0v) is 15.6. The lowest BCUT2D eigenvalue weighted by Crippen LogP contribution is -2.53. The van der Waals surface area contributed by atoms with E-state index in [0.717, 1.165) is 42.8 Å². The van der Waals surface area contributed by atoms with Gasteiger partial charge in [0.15, 0.2) is 5.96 Å². The first kappa shape index (κ1) is 19.3. The number of amides is 1. The fourth-order valence-corrected chi connectivity index (χ4v) is 2.97. The number of para-hydroxylation sites is 1. The third-order valence-electron chi connectivity index (χ3n) is 4.02. The fraction of sp³-hybridized carbons (Fsp3) is 0.529. The van der Waals surface area contributed by atoms with Crippen molar-refractivity contribution in [3.05, 3.63) is 29.3 Å². The van der Waals surface area contributed by atoms with E-state index in [9.17, 15) is 4.79 Å². The number of halogens is 1. The molecule has 1 aromatic rings. The van der Waals surface area contributed by atoms with E-state index in [1.54, 1.807) is 14.2 Å². The summed E-state index contributed by atoms with van der Waals surface area (Å²) in [7, 11) is 3.33. The van der Waals surface area contributed by atoms with Crippen LogP contribution < -0.4 is 15.5 Å². The summed E-state index contributed by atoms with van der Waals surface area (Å²) in [6.07, 6.45) is 0. The van der Waals surface area contributed by atoms with Crippen molar-refractivity contribution in [3.8, 4) is 0 Å². The molecule has 0 bridgehead atoms. The predicted molar refractivity (Wildman–Crippen MR) is 101 cm³/mol. The number of piperazine rings is 1. The molecule has 1 aliphatic heterocycles. The van der Waals surface area contributed by atoms with E-state index in [4.69, 9.17) is 16.3 Å². The Hall–Kier alpha value is -1.99. The number of guanidine groups is 1. The summed E-state index contributed by atoms with van der Waals surface area (Å²) in [5.41, 5.74) is 1.06. The van der Waals surface area contributed by atoms with E-state index in [0.29, 0.717) is 13.2 Å². The monoisotopic (exact) mass is 367 g/mol. The normalized spacial score (nSPS) is 15.2. The molecular weight excluding hydrogens is 342 g/mol. The number of carbonyl (C=O) groups excluding carboxylic acids is 1. The van der Waals surface area contributed by atoms with Crippen LogP contribution in [0.5, 0.6) is 0 Å². The maximum absolute atomic E-state index is 11.8. The molecule has 7 nitrogen and oxygen atoms in total. The number of benzene rings is 1. The minimum absolute atomic E-state index is 0.0760. The number of aliphatic imine (C=N–C) groups is 1. The second-order valence-electron chi connectivity index (χ2n) is 5.67. The Morgan fingerprint density at radius 1 is 1.24 bits per heavy atom. The van der Waals surface area contributed by atoms with Crippen LogP contribution in [0, 0.1) is 0 Å². The average Bonchev–Trinajstić information content (AvgIpc) is 2.63. The van der Waals surface area contributed by atoms with Gasteiger partial charge in [0.1, 0.15) is 0 Å². The highest BCUT2D eigenvalue weighted by molar-refractivity contribution is 6.33. The van der Waals surface area contributed by atoms with E-state index in [2.05, 4.69) is 25.4 Å². The van der Waals surface area contributed by atoms with Gasteiger partial charge in [0, 0.05) is 46.9 Å². The van der Waals surface area contributed by atoms with Crippen LogP contribution in [-0.2, 0) is 9.53 Å². The van der Waals surface area contributed by atoms with Crippen LogP contribution in [0.1, 0.15) is 0 Å². The van der Waals surface area contributed by atoms with E-state index in [-0.39, 0.29) is 12.5 Å². The molecule has 0 spiro atoms. The maximum atomic E-state index is 11.8. The fourth-order valence-electron chi connectivity index (χ4n) is 2.71. The molecule has 0 saturated carbocycles. The second-order valence-corrected chi connectivity index (χ2v) is 6.08. The van der Waals surface area contributed by atoms with Gasteiger partial charge in [-0.3, -0.25) is 9.79 Å². The van der Waals surface area contributed by atoms with Crippen molar-refractivity contribution in [2.24, 2.45) is 4.99 Å². The van der Waals surface area contributed by atoms with Crippen molar-refractivity contribution >= 4 is 29.2 Å². The molecule has 138 valence electrons. The number of carbonyl (C=O) groups is 1. The lowest BCUT2D eigenvalue weighted by molar-refractivity contribution is -0.120. The van der Waals surface area contributed by atoms with Crippen LogP contribution in [0.4, 0.5) is 5.69 Å². The number of rotatable bonds is 6. The van der Waals surface area contributed by atoms with Gasteiger partial charge in [-0.1, -0.05) is 23.7 Å². The molecule has 0 atom stereocenters. The van der Waals surface area contributed by atoms with Gasteiger partial charge in [-0.2, -0.15) is 0 Å². The molecular formula is C17H26ClN5O2. The standard InChI is InChI=1S/C17H26ClN5O2/c1-19-17(21-13-16(24)20-7-12-25-2)23-10-8-22(9-11-23)15-6-4-3-5-14(15)18/h3-6H,7-13H2,1-2H3,(H,19,21)(H,20,24). The van der Waals surface area contributed by atoms with E-state index >= 15 is 0 Å². The van der Waals surface area contributed by atoms with E-state index < -0.39 is 0 Å². The second kappa shape index (κ2) is 10.1. The van der Waals surface area contributed by atoms with Gasteiger partial charge in [-0.15, -0.1) is 0 Å².